The molecule has 0 unspecified atom stereocenters. The van der Waals surface area contributed by atoms with Crippen molar-refractivity contribution in [2.24, 2.45) is 0 Å². The zero-order valence-electron chi connectivity index (χ0n) is 28.3. The quantitative estimate of drug-likeness (QED) is 0.190. The Morgan fingerprint density at radius 1 is 0.490 bits per heavy atom. The molecule has 1 saturated carbocycles. The van der Waals surface area contributed by atoms with E-state index in [1.165, 1.54) is 92.5 Å². The first-order valence-electron chi connectivity index (χ1n) is 18.3. The highest BCUT2D eigenvalue weighted by atomic mass is 15.2. The van der Waals surface area contributed by atoms with Gasteiger partial charge < -0.3 is 0 Å². The third-order valence-electron chi connectivity index (χ3n) is 11.8. The molecular formula is C48H35N3. The highest BCUT2D eigenvalue weighted by molar-refractivity contribution is 6.25. The van der Waals surface area contributed by atoms with Crippen molar-refractivity contribution in [1.29, 1.82) is 0 Å². The van der Waals surface area contributed by atoms with Gasteiger partial charge in [0.05, 0.1) is 22.2 Å². The van der Waals surface area contributed by atoms with Gasteiger partial charge in [0, 0.05) is 32.5 Å². The summed E-state index contributed by atoms with van der Waals surface area (Å²) in [5, 5.41) is 6.25. The molecule has 0 aliphatic heterocycles. The molecule has 0 N–H and O–H groups in total. The van der Waals surface area contributed by atoms with E-state index >= 15 is 0 Å². The zero-order valence-corrected chi connectivity index (χ0v) is 28.3. The van der Waals surface area contributed by atoms with Gasteiger partial charge in [-0.25, -0.2) is 9.97 Å². The predicted octanol–water partition coefficient (Wildman–Crippen LogP) is 12.4. The number of rotatable bonds is 3. The Labute approximate surface area is 296 Å². The van der Waals surface area contributed by atoms with Crippen LogP contribution in [0.15, 0.2) is 152 Å². The van der Waals surface area contributed by atoms with Crippen molar-refractivity contribution in [3.8, 4) is 39.5 Å². The summed E-state index contributed by atoms with van der Waals surface area (Å²) in [6, 6.07) is 55.1. The summed E-state index contributed by atoms with van der Waals surface area (Å²) >= 11 is 0. The smallest absolute Gasteiger partial charge is 0.235 e. The molecule has 2 aliphatic rings. The number of fused-ring (bicyclic) bond motifs is 13. The van der Waals surface area contributed by atoms with Gasteiger partial charge in [-0.3, -0.25) is 4.57 Å². The van der Waals surface area contributed by atoms with Crippen LogP contribution in [0.25, 0.3) is 82.9 Å². The van der Waals surface area contributed by atoms with Crippen molar-refractivity contribution in [1.82, 2.24) is 14.5 Å². The van der Waals surface area contributed by atoms with E-state index in [2.05, 4.69) is 156 Å². The number of para-hydroxylation sites is 2. The van der Waals surface area contributed by atoms with E-state index in [1.54, 1.807) is 0 Å². The molecular weight excluding hydrogens is 619 g/mol. The Balaban J connectivity index is 1.25. The summed E-state index contributed by atoms with van der Waals surface area (Å²) < 4.78 is 2.38. The van der Waals surface area contributed by atoms with Gasteiger partial charge in [0.1, 0.15) is 0 Å². The lowest BCUT2D eigenvalue weighted by Crippen LogP contribution is -2.28. The number of nitrogens with zero attached hydrogens (tertiary/aromatic N) is 3. The molecule has 51 heavy (non-hydrogen) atoms. The summed E-state index contributed by atoms with van der Waals surface area (Å²) in [4.78, 5) is 10.9. The van der Waals surface area contributed by atoms with Gasteiger partial charge >= 0.3 is 0 Å². The fourth-order valence-electron chi connectivity index (χ4n) is 9.64. The highest BCUT2D eigenvalue weighted by Gasteiger charge is 2.46. The maximum Gasteiger partial charge on any atom is 0.235 e. The first kappa shape index (κ1) is 28.7. The Hall–Kier alpha value is -6.06. The molecule has 3 heteroatoms. The normalized spacial score (nSPS) is 14.8. The Morgan fingerprint density at radius 3 is 1.94 bits per heavy atom. The lowest BCUT2D eigenvalue weighted by molar-refractivity contribution is 0.355. The van der Waals surface area contributed by atoms with Gasteiger partial charge in [0.2, 0.25) is 5.95 Å². The number of hydrogen-bond donors (Lipinski definition) is 0. The van der Waals surface area contributed by atoms with E-state index in [0.717, 1.165) is 27.7 Å². The molecule has 11 rings (SSSR count). The molecule has 0 amide bonds. The number of aromatic nitrogens is 3. The van der Waals surface area contributed by atoms with Crippen LogP contribution in [-0.4, -0.2) is 14.5 Å². The second-order valence-corrected chi connectivity index (χ2v) is 14.4. The van der Waals surface area contributed by atoms with Crippen LogP contribution in [0.5, 0.6) is 0 Å². The lowest BCUT2D eigenvalue weighted by Gasteiger charge is -2.36. The van der Waals surface area contributed by atoms with E-state index in [9.17, 15) is 0 Å². The van der Waals surface area contributed by atoms with Crippen molar-refractivity contribution in [2.45, 2.75) is 37.5 Å². The minimum absolute atomic E-state index is 0.00266. The molecule has 0 bridgehead atoms. The van der Waals surface area contributed by atoms with Crippen LogP contribution in [0, 0.1) is 0 Å². The number of benzene rings is 7. The highest BCUT2D eigenvalue weighted by Crippen LogP contribution is 2.61. The summed E-state index contributed by atoms with van der Waals surface area (Å²) in [6.45, 7) is 0. The molecule has 9 aromatic rings. The molecule has 2 aromatic heterocycles. The van der Waals surface area contributed by atoms with E-state index in [4.69, 9.17) is 9.97 Å². The molecule has 0 atom stereocenters. The van der Waals surface area contributed by atoms with Gasteiger partial charge in [-0.05, 0) is 63.7 Å². The summed E-state index contributed by atoms with van der Waals surface area (Å²) in [6.07, 6.45) is 6.17. The molecule has 1 spiro atoms. The van der Waals surface area contributed by atoms with Crippen LogP contribution in [0.2, 0.25) is 0 Å². The van der Waals surface area contributed by atoms with E-state index < -0.39 is 0 Å². The molecule has 0 radical (unpaired) electrons. The minimum Gasteiger partial charge on any atom is -0.277 e. The van der Waals surface area contributed by atoms with Crippen LogP contribution in [-0.2, 0) is 5.41 Å². The van der Waals surface area contributed by atoms with Crippen molar-refractivity contribution in [2.75, 3.05) is 0 Å². The van der Waals surface area contributed by atoms with Crippen molar-refractivity contribution >= 4 is 43.5 Å². The van der Waals surface area contributed by atoms with Gasteiger partial charge in [-0.15, -0.1) is 0 Å². The molecule has 2 aliphatic carbocycles. The maximum atomic E-state index is 5.51. The van der Waals surface area contributed by atoms with Gasteiger partial charge in [0.15, 0.2) is 0 Å². The van der Waals surface area contributed by atoms with Crippen LogP contribution in [0.3, 0.4) is 0 Å². The van der Waals surface area contributed by atoms with Gasteiger partial charge in [0.25, 0.3) is 0 Å². The average Bonchev–Trinajstić information content (AvgIpc) is 3.69. The monoisotopic (exact) mass is 653 g/mol. The minimum atomic E-state index is -0.00266. The topological polar surface area (TPSA) is 30.7 Å². The Kier molecular flexibility index (Phi) is 6.18. The number of hydrogen-bond acceptors (Lipinski definition) is 2. The molecule has 3 nitrogen and oxygen atoms in total. The van der Waals surface area contributed by atoms with Gasteiger partial charge in [-0.2, -0.15) is 0 Å². The zero-order chi connectivity index (χ0) is 33.5. The van der Waals surface area contributed by atoms with Crippen molar-refractivity contribution in [3.05, 3.63) is 163 Å². The second kappa shape index (κ2) is 11.0. The van der Waals surface area contributed by atoms with E-state index in [1.807, 2.05) is 0 Å². The third kappa shape index (κ3) is 4.06. The first-order valence-corrected chi connectivity index (χ1v) is 18.3. The fourth-order valence-corrected chi connectivity index (χ4v) is 9.64. The third-order valence-corrected chi connectivity index (χ3v) is 11.8. The van der Waals surface area contributed by atoms with Crippen LogP contribution in [0.4, 0.5) is 0 Å². The standard InChI is InChI=1S/C48H35N3/c1-3-15-31(16-4-1)32-25-27-33(28-26-32)45-37-20-8-11-23-40(37)49-47(50-45)51-41-24-12-9-21-38(41)43-44-42(34-17-5-6-18-35(34)46(43)51)36-19-7-10-22-39(36)48(44)29-13-2-14-30-48/h1,3-12,15-28H,2,13-14,29-30H2. The van der Waals surface area contributed by atoms with Gasteiger partial charge in [-0.1, -0.05) is 159 Å². The predicted molar refractivity (Wildman–Crippen MR) is 212 cm³/mol. The SMILES string of the molecule is c1ccc(-c2ccc(-c3nc(-n4c5ccccc5c5c6c(c7ccccc7c54)-c4ccccc4C64CCCCC4)nc4ccccc34)cc2)cc1. The second-order valence-electron chi connectivity index (χ2n) is 14.4. The molecule has 7 aromatic carbocycles. The van der Waals surface area contributed by atoms with E-state index in [0.29, 0.717) is 5.95 Å². The van der Waals surface area contributed by atoms with Crippen molar-refractivity contribution < 1.29 is 0 Å². The Morgan fingerprint density at radius 2 is 1.12 bits per heavy atom. The molecule has 1 fully saturated rings. The Bertz CT molecular complexity index is 2820. The lowest BCUT2D eigenvalue weighted by atomic mass is 9.66. The van der Waals surface area contributed by atoms with Crippen LogP contribution < -0.4 is 0 Å². The molecule has 242 valence electrons. The largest absolute Gasteiger partial charge is 0.277 e. The summed E-state index contributed by atoms with van der Waals surface area (Å²) in [5.74, 6) is 0.709. The van der Waals surface area contributed by atoms with Crippen LogP contribution >= 0.6 is 0 Å². The molecule has 2 heterocycles. The first-order chi connectivity index (χ1) is 25.3. The fraction of sp³-hybridized carbons (Fsp3) is 0.125. The summed E-state index contributed by atoms with van der Waals surface area (Å²) in [7, 11) is 0. The van der Waals surface area contributed by atoms with Crippen LogP contribution in [0.1, 0.15) is 43.2 Å². The maximum absolute atomic E-state index is 5.51. The molecule has 0 saturated heterocycles. The van der Waals surface area contributed by atoms with Crippen molar-refractivity contribution in [3.63, 3.8) is 0 Å². The van der Waals surface area contributed by atoms with E-state index in [-0.39, 0.29) is 5.41 Å². The summed E-state index contributed by atoms with van der Waals surface area (Å²) in [5.41, 5.74) is 13.6. The average molecular weight is 654 g/mol.